The van der Waals surface area contributed by atoms with Gasteiger partial charge in [0.15, 0.2) is 0 Å². The lowest BCUT2D eigenvalue weighted by molar-refractivity contribution is 0.0784. The summed E-state index contributed by atoms with van der Waals surface area (Å²) in [6.45, 7) is 3.59. The van der Waals surface area contributed by atoms with Crippen LogP contribution < -0.4 is 5.73 Å². The molecule has 0 radical (unpaired) electrons. The zero-order valence-corrected chi connectivity index (χ0v) is 18.4. The Hall–Kier alpha value is -2.63. The molecule has 154 valence electrons. The Morgan fingerprint density at radius 3 is 2.90 bits per heavy atom. The van der Waals surface area contributed by atoms with Crippen molar-refractivity contribution in [2.45, 2.75) is 19.8 Å². The minimum absolute atomic E-state index is 0.0181. The van der Waals surface area contributed by atoms with E-state index in [4.69, 9.17) is 17.3 Å². The monoisotopic (exact) mass is 437 g/mol. The third-order valence-electron chi connectivity index (χ3n) is 5.68. The van der Waals surface area contributed by atoms with E-state index in [-0.39, 0.29) is 5.91 Å². The molecule has 1 aromatic heterocycles. The Balaban J connectivity index is 1.61. The van der Waals surface area contributed by atoms with E-state index in [1.54, 1.807) is 5.51 Å². The molecule has 6 heteroatoms. The highest BCUT2D eigenvalue weighted by molar-refractivity contribution is 7.07. The van der Waals surface area contributed by atoms with Crippen molar-refractivity contribution in [1.29, 1.82) is 0 Å². The van der Waals surface area contributed by atoms with Crippen LogP contribution in [0.4, 0.5) is 5.69 Å². The van der Waals surface area contributed by atoms with E-state index in [0.717, 1.165) is 24.9 Å². The van der Waals surface area contributed by atoms with Crippen molar-refractivity contribution in [2.24, 2.45) is 5.92 Å². The second-order valence-corrected chi connectivity index (χ2v) is 8.84. The second kappa shape index (κ2) is 9.02. The van der Waals surface area contributed by atoms with E-state index >= 15 is 0 Å². The molecule has 4 rings (SSSR count). The smallest absolute Gasteiger partial charge is 0.273 e. The number of amides is 1. The maximum Gasteiger partial charge on any atom is 0.273 e. The number of hydrogen-bond donors (Lipinski definition) is 1. The normalized spacial score (nSPS) is 16.8. The number of aryl methyl sites for hydroxylation is 1. The molecule has 1 aliphatic heterocycles. The van der Waals surface area contributed by atoms with Gasteiger partial charge in [0.25, 0.3) is 5.91 Å². The van der Waals surface area contributed by atoms with Crippen LogP contribution in [0, 0.1) is 12.8 Å². The van der Waals surface area contributed by atoms with Crippen LogP contribution in [0.1, 0.15) is 33.6 Å². The van der Waals surface area contributed by atoms with Gasteiger partial charge in [-0.25, -0.2) is 4.98 Å². The Bertz CT molecular complexity index is 1080. The van der Waals surface area contributed by atoms with E-state index in [0.29, 0.717) is 28.9 Å². The number of thiazole rings is 1. The lowest BCUT2D eigenvalue weighted by Crippen LogP contribution is -2.29. The average molecular weight is 438 g/mol. The summed E-state index contributed by atoms with van der Waals surface area (Å²) in [6.07, 6.45) is 3.99. The first-order valence-corrected chi connectivity index (χ1v) is 11.3. The third kappa shape index (κ3) is 4.58. The van der Waals surface area contributed by atoms with E-state index in [1.807, 2.05) is 28.5 Å². The molecular weight excluding hydrogens is 414 g/mol. The first-order valence-electron chi connectivity index (χ1n) is 9.98. The molecule has 0 aliphatic carbocycles. The molecular formula is C24H24ClN3OS. The number of aromatic nitrogens is 1. The molecule has 1 aliphatic rings. The topological polar surface area (TPSA) is 59.2 Å². The molecule has 2 N–H and O–H groups in total. The van der Waals surface area contributed by atoms with Gasteiger partial charge in [-0.3, -0.25) is 4.79 Å². The van der Waals surface area contributed by atoms with Crippen LogP contribution in [0.25, 0.3) is 6.08 Å². The summed E-state index contributed by atoms with van der Waals surface area (Å²) in [5, 5.41) is 2.38. The SMILES string of the molecule is Cc1ccccc1C/C(=C\c1ccc(N)c(Cl)c1)C1CCN(C(=O)c2cscn2)C1. The Morgan fingerprint density at radius 2 is 2.17 bits per heavy atom. The largest absolute Gasteiger partial charge is 0.398 e. The second-order valence-electron chi connectivity index (χ2n) is 7.71. The highest BCUT2D eigenvalue weighted by Crippen LogP contribution is 2.31. The van der Waals surface area contributed by atoms with Crippen molar-refractivity contribution in [3.8, 4) is 0 Å². The van der Waals surface area contributed by atoms with E-state index in [1.165, 1.54) is 28.0 Å². The van der Waals surface area contributed by atoms with Gasteiger partial charge in [-0.05, 0) is 54.5 Å². The molecule has 1 saturated heterocycles. The molecule has 2 aromatic carbocycles. The number of hydrogen-bond acceptors (Lipinski definition) is 4. The maximum absolute atomic E-state index is 12.7. The lowest BCUT2D eigenvalue weighted by atomic mass is 9.89. The molecule has 3 aromatic rings. The van der Waals surface area contributed by atoms with Crippen molar-refractivity contribution in [2.75, 3.05) is 18.8 Å². The van der Waals surface area contributed by atoms with Crippen molar-refractivity contribution in [3.63, 3.8) is 0 Å². The molecule has 1 fully saturated rings. The Kier molecular flexibility index (Phi) is 6.21. The van der Waals surface area contributed by atoms with Gasteiger partial charge in [-0.15, -0.1) is 11.3 Å². The van der Waals surface area contributed by atoms with Gasteiger partial charge in [-0.1, -0.05) is 53.6 Å². The van der Waals surface area contributed by atoms with Crippen LogP contribution in [-0.4, -0.2) is 28.9 Å². The number of carbonyl (C=O) groups excluding carboxylic acids is 1. The Morgan fingerprint density at radius 1 is 1.33 bits per heavy atom. The number of halogens is 1. The first kappa shape index (κ1) is 20.6. The molecule has 2 heterocycles. The number of nitrogens with two attached hydrogens (primary N) is 1. The number of anilines is 1. The summed E-state index contributed by atoms with van der Waals surface area (Å²) >= 11 is 7.70. The van der Waals surface area contributed by atoms with Crippen molar-refractivity contribution >= 4 is 40.6 Å². The molecule has 1 unspecified atom stereocenters. The van der Waals surface area contributed by atoms with Gasteiger partial charge < -0.3 is 10.6 Å². The van der Waals surface area contributed by atoms with E-state index in [2.05, 4.69) is 42.2 Å². The summed E-state index contributed by atoms with van der Waals surface area (Å²) in [5.74, 6) is 0.313. The molecule has 1 atom stereocenters. The molecule has 0 saturated carbocycles. The molecule has 0 bridgehead atoms. The summed E-state index contributed by atoms with van der Waals surface area (Å²) in [7, 11) is 0. The van der Waals surface area contributed by atoms with Gasteiger partial charge in [0, 0.05) is 18.5 Å². The van der Waals surface area contributed by atoms with Crippen molar-refractivity contribution in [1.82, 2.24) is 9.88 Å². The third-order valence-corrected chi connectivity index (χ3v) is 6.60. The molecule has 30 heavy (non-hydrogen) atoms. The quantitative estimate of drug-likeness (QED) is 0.538. The van der Waals surface area contributed by atoms with E-state index in [9.17, 15) is 4.79 Å². The van der Waals surface area contributed by atoms with Crippen LogP contribution in [-0.2, 0) is 6.42 Å². The first-order chi connectivity index (χ1) is 14.5. The van der Waals surface area contributed by atoms with Crippen LogP contribution in [0.2, 0.25) is 5.02 Å². The van der Waals surface area contributed by atoms with Gasteiger partial charge >= 0.3 is 0 Å². The number of rotatable bonds is 5. The summed E-state index contributed by atoms with van der Waals surface area (Å²) in [6, 6.07) is 14.2. The predicted molar refractivity (Wildman–Crippen MR) is 125 cm³/mol. The fourth-order valence-corrected chi connectivity index (χ4v) is 4.63. The highest BCUT2D eigenvalue weighted by Gasteiger charge is 2.30. The summed E-state index contributed by atoms with van der Waals surface area (Å²) < 4.78 is 0. The number of carbonyl (C=O) groups is 1. The maximum atomic E-state index is 12.7. The zero-order valence-electron chi connectivity index (χ0n) is 16.8. The fourth-order valence-electron chi connectivity index (χ4n) is 3.92. The zero-order chi connectivity index (χ0) is 21.1. The number of likely N-dealkylation sites (tertiary alicyclic amines) is 1. The number of nitrogens with zero attached hydrogens (tertiary/aromatic N) is 2. The Labute approximate surface area is 186 Å². The molecule has 4 nitrogen and oxygen atoms in total. The summed E-state index contributed by atoms with van der Waals surface area (Å²) in [5.41, 5.74) is 13.6. The molecule has 1 amide bonds. The highest BCUT2D eigenvalue weighted by atomic mass is 35.5. The van der Waals surface area contributed by atoms with E-state index < -0.39 is 0 Å². The predicted octanol–water partition coefficient (Wildman–Crippen LogP) is 5.48. The number of nitrogen functional groups attached to an aromatic ring is 1. The van der Waals surface area contributed by atoms with Crippen molar-refractivity contribution < 1.29 is 4.79 Å². The fraction of sp³-hybridized carbons (Fsp3) is 0.250. The van der Waals surface area contributed by atoms with Gasteiger partial charge in [-0.2, -0.15) is 0 Å². The van der Waals surface area contributed by atoms with Crippen molar-refractivity contribution in [3.05, 3.63) is 86.3 Å². The minimum atomic E-state index is 0.0181. The van der Waals surface area contributed by atoms with Gasteiger partial charge in [0.05, 0.1) is 16.2 Å². The summed E-state index contributed by atoms with van der Waals surface area (Å²) in [4.78, 5) is 18.8. The average Bonchev–Trinajstić information content (AvgIpc) is 3.43. The van der Waals surface area contributed by atoms with Crippen LogP contribution >= 0.6 is 22.9 Å². The standard InChI is InChI=1S/C24H24ClN3OS/c1-16-4-2-3-5-18(16)12-20(10-17-6-7-22(26)21(25)11-17)19-8-9-28(13-19)24(29)23-14-30-15-27-23/h2-7,10-11,14-15,19H,8-9,12-13,26H2,1H3/b20-10+. The van der Waals surface area contributed by atoms with Crippen LogP contribution in [0.15, 0.2) is 58.9 Å². The van der Waals surface area contributed by atoms with Crippen LogP contribution in [0.5, 0.6) is 0 Å². The minimum Gasteiger partial charge on any atom is -0.398 e. The van der Waals surface area contributed by atoms with Gasteiger partial charge in [0.2, 0.25) is 0 Å². The van der Waals surface area contributed by atoms with Crippen LogP contribution in [0.3, 0.4) is 0 Å². The molecule has 0 spiro atoms. The number of benzene rings is 2. The van der Waals surface area contributed by atoms with Gasteiger partial charge in [0.1, 0.15) is 5.69 Å². The lowest BCUT2D eigenvalue weighted by Gasteiger charge is -2.19.